The molecular weight excluding hydrogens is 234 g/mol. The third-order valence-electron chi connectivity index (χ3n) is 2.03. The van der Waals surface area contributed by atoms with Gasteiger partial charge in [0.1, 0.15) is 12.0 Å². The number of rotatable bonds is 2. The van der Waals surface area contributed by atoms with Gasteiger partial charge in [0.25, 0.3) is 0 Å². The Hall–Kier alpha value is -1.54. The number of hydrogen-bond acceptors (Lipinski definition) is 6. The molecule has 0 spiro atoms. The first-order valence-electron chi connectivity index (χ1n) is 4.42. The molecule has 1 aliphatic rings. The van der Waals surface area contributed by atoms with E-state index in [9.17, 15) is 9.59 Å². The number of thioether (sulfide) groups is 1. The molecule has 1 aliphatic heterocycles. The van der Waals surface area contributed by atoms with E-state index in [0.717, 1.165) is 11.8 Å². The zero-order valence-electron chi connectivity index (χ0n) is 8.07. The number of nitrogens with two attached hydrogens (primary N) is 1. The van der Waals surface area contributed by atoms with Crippen LogP contribution in [0.3, 0.4) is 0 Å². The summed E-state index contributed by atoms with van der Waals surface area (Å²) in [7, 11) is 0. The lowest BCUT2D eigenvalue weighted by Crippen LogP contribution is -2.29. The van der Waals surface area contributed by atoms with Crippen LogP contribution in [0.4, 0.5) is 5.82 Å². The topological polar surface area (TPSA) is 107 Å². The van der Waals surface area contributed by atoms with Gasteiger partial charge < -0.3 is 15.6 Å². The predicted molar refractivity (Wildman–Crippen MR) is 56.9 cm³/mol. The Balaban J connectivity index is 2.21. The molecule has 2 heterocycles. The normalized spacial score (nSPS) is 24.5. The Kier molecular flexibility index (Phi) is 2.84. The molecule has 0 aromatic carbocycles. The van der Waals surface area contributed by atoms with Gasteiger partial charge in [0.15, 0.2) is 0 Å². The van der Waals surface area contributed by atoms with Crippen molar-refractivity contribution in [2.24, 2.45) is 0 Å². The summed E-state index contributed by atoms with van der Waals surface area (Å²) in [5.41, 5.74) is 3.86. The highest BCUT2D eigenvalue weighted by Crippen LogP contribution is 2.30. The first-order chi connectivity index (χ1) is 7.58. The predicted octanol–water partition coefficient (Wildman–Crippen LogP) is -0.502. The van der Waals surface area contributed by atoms with Crippen molar-refractivity contribution in [1.82, 2.24) is 9.55 Å². The van der Waals surface area contributed by atoms with Gasteiger partial charge in [-0.15, -0.1) is 11.8 Å². The molecule has 0 aliphatic carbocycles. The van der Waals surface area contributed by atoms with Crippen LogP contribution < -0.4 is 11.4 Å². The maximum Gasteiger partial charge on any atom is 0.351 e. The summed E-state index contributed by atoms with van der Waals surface area (Å²) >= 11 is 1.13. The fourth-order valence-corrected chi connectivity index (χ4v) is 2.24. The summed E-state index contributed by atoms with van der Waals surface area (Å²) < 4.78 is 6.40. The molecule has 0 bridgehead atoms. The summed E-state index contributed by atoms with van der Waals surface area (Å²) in [6.45, 7) is 0. The first kappa shape index (κ1) is 11.0. The monoisotopic (exact) mass is 243 g/mol. The number of carbonyl (C=O) groups is 1. The minimum absolute atomic E-state index is 0.127. The third kappa shape index (κ3) is 2.02. The van der Waals surface area contributed by atoms with Gasteiger partial charge in [0, 0.05) is 11.9 Å². The molecular formula is C8H9N3O4S. The highest BCUT2D eigenvalue weighted by atomic mass is 32.2. The van der Waals surface area contributed by atoms with E-state index >= 15 is 0 Å². The van der Waals surface area contributed by atoms with Gasteiger partial charge in [-0.3, -0.25) is 4.57 Å². The van der Waals surface area contributed by atoms with E-state index in [1.165, 1.54) is 16.8 Å². The van der Waals surface area contributed by atoms with Crippen molar-refractivity contribution >= 4 is 23.5 Å². The Labute approximate surface area is 94.2 Å². The number of hydrogen-bond donors (Lipinski definition) is 2. The van der Waals surface area contributed by atoms with E-state index < -0.39 is 23.3 Å². The van der Waals surface area contributed by atoms with Crippen LogP contribution in [0, 0.1) is 0 Å². The number of ether oxygens (including phenoxy) is 1. The van der Waals surface area contributed by atoms with Crippen LogP contribution >= 0.6 is 11.8 Å². The molecule has 1 aromatic rings. The van der Waals surface area contributed by atoms with Crippen LogP contribution in [0.1, 0.15) is 6.23 Å². The zero-order chi connectivity index (χ0) is 11.7. The fraction of sp³-hybridized carbons (Fsp3) is 0.375. The second kappa shape index (κ2) is 4.14. The van der Waals surface area contributed by atoms with Crippen LogP contribution in [-0.4, -0.2) is 31.8 Å². The Morgan fingerprint density at radius 2 is 2.50 bits per heavy atom. The lowest BCUT2D eigenvalue weighted by Gasteiger charge is -2.12. The van der Waals surface area contributed by atoms with Gasteiger partial charge in [-0.05, 0) is 6.07 Å². The highest BCUT2D eigenvalue weighted by molar-refractivity contribution is 8.00. The lowest BCUT2D eigenvalue weighted by atomic mass is 10.5. The molecule has 7 nitrogen and oxygen atoms in total. The summed E-state index contributed by atoms with van der Waals surface area (Å²) in [6.07, 6.45) is 0.840. The number of carboxylic acids is 1. The minimum Gasteiger partial charge on any atom is -0.479 e. The van der Waals surface area contributed by atoms with E-state index in [1.807, 2.05) is 0 Å². The number of nitrogen functional groups attached to an aromatic ring is 1. The van der Waals surface area contributed by atoms with E-state index in [-0.39, 0.29) is 5.82 Å². The molecule has 2 atom stereocenters. The molecule has 0 saturated carbocycles. The third-order valence-corrected chi connectivity index (χ3v) is 3.13. The van der Waals surface area contributed by atoms with Crippen molar-refractivity contribution in [1.29, 1.82) is 0 Å². The standard InChI is InChI=1S/C8H9N3O4S/c9-4-1-2-11(8(14)10-4)5-3-16-7(15-5)6(12)13/h1-2,5,7H,3H2,(H,12,13)(H2,9,10,14)/t5-,7+/m0/s1. The van der Waals surface area contributed by atoms with Gasteiger partial charge in [0.2, 0.25) is 5.44 Å². The maximum absolute atomic E-state index is 11.4. The second-order valence-electron chi connectivity index (χ2n) is 3.14. The number of carboxylic acid groups (broad SMARTS) is 1. The Bertz CT molecular complexity index is 475. The molecule has 3 N–H and O–H groups in total. The second-order valence-corrected chi connectivity index (χ2v) is 4.23. The number of aromatic nitrogens is 2. The Morgan fingerprint density at radius 1 is 1.75 bits per heavy atom. The SMILES string of the molecule is Nc1ccn([C@@H]2CS[C@H](C(=O)O)O2)c(=O)n1. The van der Waals surface area contributed by atoms with E-state index in [0.29, 0.717) is 5.75 Å². The summed E-state index contributed by atoms with van der Waals surface area (Å²) in [6, 6.07) is 1.46. The molecule has 1 saturated heterocycles. The fourth-order valence-electron chi connectivity index (χ4n) is 1.31. The molecule has 0 amide bonds. The average molecular weight is 243 g/mol. The van der Waals surface area contributed by atoms with Crippen molar-refractivity contribution in [2.75, 3.05) is 11.5 Å². The molecule has 8 heteroatoms. The van der Waals surface area contributed by atoms with Crippen LogP contribution in [0.5, 0.6) is 0 Å². The minimum atomic E-state index is -1.05. The average Bonchev–Trinajstić information content (AvgIpc) is 2.66. The van der Waals surface area contributed by atoms with Gasteiger partial charge in [-0.25, -0.2) is 9.59 Å². The largest absolute Gasteiger partial charge is 0.479 e. The van der Waals surface area contributed by atoms with E-state index in [2.05, 4.69) is 4.98 Å². The number of aliphatic carboxylic acids is 1. The van der Waals surface area contributed by atoms with Crippen molar-refractivity contribution in [3.8, 4) is 0 Å². The molecule has 0 radical (unpaired) electrons. The summed E-state index contributed by atoms with van der Waals surface area (Å²) in [4.78, 5) is 25.6. The van der Waals surface area contributed by atoms with Crippen molar-refractivity contribution < 1.29 is 14.6 Å². The Morgan fingerprint density at radius 3 is 3.06 bits per heavy atom. The van der Waals surface area contributed by atoms with Crippen molar-refractivity contribution in [3.05, 3.63) is 22.7 Å². The van der Waals surface area contributed by atoms with Gasteiger partial charge in [0.05, 0.1) is 0 Å². The van der Waals surface area contributed by atoms with Crippen LogP contribution in [-0.2, 0) is 9.53 Å². The van der Waals surface area contributed by atoms with E-state index in [1.54, 1.807) is 0 Å². The van der Waals surface area contributed by atoms with Crippen LogP contribution in [0.25, 0.3) is 0 Å². The molecule has 86 valence electrons. The lowest BCUT2D eigenvalue weighted by molar-refractivity contribution is -0.147. The molecule has 2 rings (SSSR count). The van der Waals surface area contributed by atoms with Crippen molar-refractivity contribution in [3.63, 3.8) is 0 Å². The highest BCUT2D eigenvalue weighted by Gasteiger charge is 2.32. The molecule has 16 heavy (non-hydrogen) atoms. The quantitative estimate of drug-likeness (QED) is 0.720. The molecule has 1 aromatic heterocycles. The van der Waals surface area contributed by atoms with Gasteiger partial charge in [-0.2, -0.15) is 4.98 Å². The van der Waals surface area contributed by atoms with Crippen molar-refractivity contribution in [2.45, 2.75) is 11.7 Å². The number of anilines is 1. The first-order valence-corrected chi connectivity index (χ1v) is 5.47. The zero-order valence-corrected chi connectivity index (χ0v) is 8.88. The molecule has 1 fully saturated rings. The maximum atomic E-state index is 11.4. The number of nitrogens with zero attached hydrogens (tertiary/aromatic N) is 2. The van der Waals surface area contributed by atoms with Crippen LogP contribution in [0.15, 0.2) is 17.1 Å². The summed E-state index contributed by atoms with van der Waals surface area (Å²) in [5.74, 6) is -0.534. The van der Waals surface area contributed by atoms with E-state index in [4.69, 9.17) is 15.6 Å². The molecule has 0 unspecified atom stereocenters. The summed E-state index contributed by atoms with van der Waals surface area (Å²) in [5, 5.41) is 8.72. The smallest absolute Gasteiger partial charge is 0.351 e. The van der Waals surface area contributed by atoms with Crippen LogP contribution in [0.2, 0.25) is 0 Å². The van der Waals surface area contributed by atoms with Gasteiger partial charge in [-0.1, -0.05) is 0 Å². The van der Waals surface area contributed by atoms with Gasteiger partial charge >= 0.3 is 11.7 Å².